The van der Waals surface area contributed by atoms with E-state index in [2.05, 4.69) is 4.98 Å². The van der Waals surface area contributed by atoms with Crippen LogP contribution in [0.3, 0.4) is 0 Å². The van der Waals surface area contributed by atoms with Crippen LogP contribution < -0.4 is 0 Å². The van der Waals surface area contributed by atoms with Crippen molar-refractivity contribution in [1.82, 2.24) is 9.55 Å². The number of halogens is 2. The van der Waals surface area contributed by atoms with Gasteiger partial charge in [0.05, 0.1) is 11.0 Å². The fourth-order valence-electron chi connectivity index (χ4n) is 1.42. The van der Waals surface area contributed by atoms with Gasteiger partial charge in [-0.05, 0) is 12.1 Å². The van der Waals surface area contributed by atoms with Crippen molar-refractivity contribution >= 4 is 11.0 Å². The number of para-hydroxylation sites is 2. The highest BCUT2D eigenvalue weighted by Gasteiger charge is 2.15. The van der Waals surface area contributed by atoms with E-state index < -0.39 is 13.2 Å². The Bertz CT molecular complexity index is 453. The van der Waals surface area contributed by atoms with Gasteiger partial charge >= 0.3 is 6.55 Å². The van der Waals surface area contributed by atoms with Gasteiger partial charge in [0.25, 0.3) is 0 Å². The number of hydrogen-bond donors (Lipinski definition) is 1. The molecule has 1 aromatic heterocycles. The van der Waals surface area contributed by atoms with E-state index in [0.29, 0.717) is 11.0 Å². The molecule has 0 spiro atoms. The van der Waals surface area contributed by atoms with Gasteiger partial charge < -0.3 is 5.11 Å². The molecule has 0 aliphatic heterocycles. The van der Waals surface area contributed by atoms with E-state index in [1.807, 2.05) is 0 Å². The third-order valence-corrected chi connectivity index (χ3v) is 2.01. The van der Waals surface area contributed by atoms with Gasteiger partial charge in [-0.1, -0.05) is 12.1 Å². The molecular weight excluding hydrogens is 189 g/mol. The van der Waals surface area contributed by atoms with Gasteiger partial charge in [-0.2, -0.15) is 8.78 Å². The molecule has 0 saturated carbocycles. The molecular formula is C9H8F2N2O. The molecule has 0 fully saturated rings. The number of nitrogens with zero attached hydrogens (tertiary/aromatic N) is 2. The monoisotopic (exact) mass is 197 g/mol. The molecule has 1 aromatic carbocycles. The summed E-state index contributed by atoms with van der Waals surface area (Å²) in [5, 5.41) is 8.85. The summed E-state index contributed by atoms with van der Waals surface area (Å²) in [6.07, 6.45) is 0. The molecule has 1 N–H and O–H groups in total. The van der Waals surface area contributed by atoms with E-state index in [0.717, 1.165) is 4.57 Å². The van der Waals surface area contributed by atoms with Crippen LogP contribution in [0.1, 0.15) is 12.4 Å². The first-order chi connectivity index (χ1) is 6.74. The van der Waals surface area contributed by atoms with Crippen LogP contribution in [0.5, 0.6) is 0 Å². The molecule has 2 aromatic rings. The normalized spacial score (nSPS) is 13.4. The number of aliphatic hydroxyl groups is 1. The second-order valence-corrected chi connectivity index (χ2v) is 2.82. The summed E-state index contributed by atoms with van der Waals surface area (Å²) in [5.74, 6) is -0.0128. The Balaban J connectivity index is 2.74. The lowest BCUT2D eigenvalue weighted by molar-refractivity contribution is 0.0666. The Kier molecular flexibility index (Phi) is 2.17. The summed E-state index contributed by atoms with van der Waals surface area (Å²) >= 11 is 0. The van der Waals surface area contributed by atoms with Crippen LogP contribution in [0.2, 0.25) is 0 Å². The second kappa shape index (κ2) is 3.34. The predicted octanol–water partition coefficient (Wildman–Crippen LogP) is 1.92. The van der Waals surface area contributed by atoms with Gasteiger partial charge in [0.2, 0.25) is 0 Å². The Labute approximate surface area is 78.6 Å². The topological polar surface area (TPSA) is 38.1 Å². The number of rotatable bonds is 2. The molecule has 0 amide bonds. The zero-order valence-corrected chi connectivity index (χ0v) is 7.19. The molecule has 3 nitrogen and oxygen atoms in total. The lowest BCUT2D eigenvalue weighted by Crippen LogP contribution is -2.03. The van der Waals surface area contributed by atoms with Crippen LogP contribution in [0.25, 0.3) is 11.0 Å². The maximum atomic E-state index is 12.6. The lowest BCUT2D eigenvalue weighted by Gasteiger charge is -2.04. The Morgan fingerprint density at radius 3 is 2.71 bits per heavy atom. The van der Waals surface area contributed by atoms with E-state index in [9.17, 15) is 8.78 Å². The number of aromatic nitrogens is 2. The summed E-state index contributed by atoms with van der Waals surface area (Å²) in [6.45, 7) is -3.16. The quantitative estimate of drug-likeness (QED) is 0.798. The van der Waals surface area contributed by atoms with Gasteiger partial charge in [0, 0.05) is 0 Å². The number of fused-ring (bicyclic) bond motifs is 1. The van der Waals surface area contributed by atoms with E-state index in [1.54, 1.807) is 24.3 Å². The smallest absolute Gasteiger partial charge is 0.320 e. The largest absolute Gasteiger partial charge is 0.388 e. The summed E-state index contributed by atoms with van der Waals surface area (Å²) in [5.41, 5.74) is 0.809. The summed E-state index contributed by atoms with van der Waals surface area (Å²) in [6, 6.07) is 6.55. The van der Waals surface area contributed by atoms with Gasteiger partial charge in [-0.3, -0.25) is 4.57 Å². The molecule has 14 heavy (non-hydrogen) atoms. The van der Waals surface area contributed by atoms with Crippen LogP contribution in [0, 0.1) is 0 Å². The van der Waals surface area contributed by atoms with E-state index >= 15 is 0 Å². The molecule has 1 unspecified atom stereocenters. The fraction of sp³-hybridized carbons (Fsp3) is 0.222. The number of imidazole rings is 1. The first-order valence-electron chi connectivity index (χ1n) is 4.09. The minimum atomic E-state index is -2.68. The van der Waals surface area contributed by atoms with Crippen molar-refractivity contribution < 1.29 is 13.9 Å². The lowest BCUT2D eigenvalue weighted by atomic mass is 10.3. The minimum absolute atomic E-state index is 0.0128. The maximum absolute atomic E-state index is 12.6. The first kappa shape index (κ1) is 9.08. The van der Waals surface area contributed by atoms with Crippen molar-refractivity contribution in [3.05, 3.63) is 30.1 Å². The second-order valence-electron chi connectivity index (χ2n) is 2.82. The highest BCUT2D eigenvalue weighted by atomic mass is 19.2. The van der Waals surface area contributed by atoms with Crippen molar-refractivity contribution in [3.63, 3.8) is 0 Å². The number of alkyl halides is 2. The SMILES string of the molecule is OCc1nc2ccccc2n1C(F)[18F]. The average Bonchev–Trinajstić information content (AvgIpc) is 2.55. The zero-order chi connectivity index (χ0) is 10.1. The van der Waals surface area contributed by atoms with Crippen molar-refractivity contribution in [2.75, 3.05) is 0 Å². The maximum Gasteiger partial charge on any atom is 0.320 e. The Morgan fingerprint density at radius 1 is 1.36 bits per heavy atom. The Hall–Kier alpha value is -1.49. The van der Waals surface area contributed by atoms with Crippen molar-refractivity contribution in [1.29, 1.82) is 0 Å². The third kappa shape index (κ3) is 1.26. The molecule has 5 heteroatoms. The van der Waals surface area contributed by atoms with Gasteiger partial charge in [0.15, 0.2) is 0 Å². The molecule has 74 valence electrons. The Morgan fingerprint density at radius 2 is 2.07 bits per heavy atom. The van der Waals surface area contributed by atoms with Crippen LogP contribution in [0.4, 0.5) is 8.78 Å². The average molecular weight is 197 g/mol. The van der Waals surface area contributed by atoms with E-state index in [-0.39, 0.29) is 5.82 Å². The molecule has 0 saturated heterocycles. The molecule has 0 bridgehead atoms. The number of aliphatic hydroxyl groups excluding tert-OH is 1. The molecule has 0 aliphatic carbocycles. The highest BCUT2D eigenvalue weighted by molar-refractivity contribution is 5.75. The zero-order valence-electron chi connectivity index (χ0n) is 7.19. The highest BCUT2D eigenvalue weighted by Crippen LogP contribution is 2.22. The fourth-order valence-corrected chi connectivity index (χ4v) is 1.42. The number of benzene rings is 1. The number of hydrogen-bond acceptors (Lipinski definition) is 2. The first-order valence-corrected chi connectivity index (χ1v) is 4.09. The summed E-state index contributed by atoms with van der Waals surface area (Å²) in [4.78, 5) is 3.89. The molecule has 0 aliphatic rings. The van der Waals surface area contributed by atoms with E-state index in [4.69, 9.17) is 5.11 Å². The predicted molar refractivity (Wildman–Crippen MR) is 46.9 cm³/mol. The van der Waals surface area contributed by atoms with Crippen LogP contribution in [0.15, 0.2) is 24.3 Å². The van der Waals surface area contributed by atoms with Gasteiger partial charge in [-0.25, -0.2) is 4.98 Å². The molecule has 1 heterocycles. The third-order valence-electron chi connectivity index (χ3n) is 2.01. The van der Waals surface area contributed by atoms with Gasteiger partial charge in [0.1, 0.15) is 12.4 Å². The van der Waals surface area contributed by atoms with Crippen LogP contribution >= 0.6 is 0 Å². The van der Waals surface area contributed by atoms with Crippen molar-refractivity contribution in [2.45, 2.75) is 13.2 Å². The van der Waals surface area contributed by atoms with Gasteiger partial charge in [-0.15, -0.1) is 0 Å². The molecule has 0 radical (unpaired) electrons. The molecule has 2 rings (SSSR count). The minimum Gasteiger partial charge on any atom is -0.388 e. The molecule has 1 atom stereocenters. The van der Waals surface area contributed by atoms with Crippen molar-refractivity contribution in [2.24, 2.45) is 0 Å². The van der Waals surface area contributed by atoms with Crippen LogP contribution in [-0.4, -0.2) is 14.7 Å². The summed E-state index contributed by atoms with van der Waals surface area (Å²) < 4.78 is 25.9. The van der Waals surface area contributed by atoms with E-state index in [1.165, 1.54) is 0 Å². The van der Waals surface area contributed by atoms with Crippen LogP contribution in [-0.2, 0) is 6.61 Å². The van der Waals surface area contributed by atoms with Crippen molar-refractivity contribution in [3.8, 4) is 0 Å². The standard InChI is InChI=1S/C9H8F2N2O/c10-9(11)13-7-4-2-1-3-6(7)12-8(13)5-14/h1-4,9,14H,5H2/i10-1. The summed E-state index contributed by atoms with van der Waals surface area (Å²) in [7, 11) is 0.